The summed E-state index contributed by atoms with van der Waals surface area (Å²) in [6, 6.07) is 8.05. The molecule has 0 atom stereocenters. The normalized spacial score (nSPS) is 10.7. The van der Waals surface area contributed by atoms with Crippen LogP contribution in [0.25, 0.3) is 11.1 Å². The number of aromatic nitrogens is 1. The van der Waals surface area contributed by atoms with Gasteiger partial charge in [0.1, 0.15) is 6.29 Å². The Bertz CT molecular complexity index is 648. The van der Waals surface area contributed by atoms with E-state index >= 15 is 0 Å². The minimum Gasteiger partial charge on any atom is -0.481 e. The molecule has 0 unspecified atom stereocenters. The van der Waals surface area contributed by atoms with Crippen molar-refractivity contribution in [1.29, 1.82) is 0 Å². The molecule has 0 radical (unpaired) electrons. The molecule has 0 fully saturated rings. The van der Waals surface area contributed by atoms with Crippen LogP contribution in [-0.4, -0.2) is 18.4 Å². The number of carbonyl (C=O) groups is 1. The Labute approximate surface area is 126 Å². The predicted octanol–water partition coefficient (Wildman–Crippen LogP) is 3.93. The Balaban J connectivity index is 2.67. The van der Waals surface area contributed by atoms with Crippen LogP contribution in [0, 0.1) is 6.92 Å². The second kappa shape index (κ2) is 6.53. The van der Waals surface area contributed by atoms with Crippen LogP contribution in [0.4, 0.5) is 0 Å². The Morgan fingerprint density at radius 1 is 1.29 bits per heavy atom. The van der Waals surface area contributed by atoms with Gasteiger partial charge in [0.25, 0.3) is 0 Å². The van der Waals surface area contributed by atoms with E-state index in [9.17, 15) is 4.79 Å². The lowest BCUT2D eigenvalue weighted by atomic mass is 9.86. The molecular formula is C18H21NO2. The molecule has 0 amide bonds. The fourth-order valence-electron chi connectivity index (χ4n) is 2.85. The van der Waals surface area contributed by atoms with Gasteiger partial charge < -0.3 is 9.53 Å². The zero-order chi connectivity index (χ0) is 15.4. The highest BCUT2D eigenvalue weighted by atomic mass is 16.5. The lowest BCUT2D eigenvalue weighted by Crippen LogP contribution is -2.03. The van der Waals surface area contributed by atoms with Crippen molar-refractivity contribution in [2.75, 3.05) is 7.11 Å². The van der Waals surface area contributed by atoms with Gasteiger partial charge in [0, 0.05) is 18.7 Å². The molecule has 3 nitrogen and oxygen atoms in total. The summed E-state index contributed by atoms with van der Waals surface area (Å²) >= 11 is 0. The van der Waals surface area contributed by atoms with Crippen molar-refractivity contribution in [3.8, 4) is 17.0 Å². The van der Waals surface area contributed by atoms with Gasteiger partial charge in [0.15, 0.2) is 0 Å². The number of hydrogen-bond donors (Lipinski definition) is 0. The van der Waals surface area contributed by atoms with Crippen molar-refractivity contribution < 1.29 is 9.53 Å². The first-order chi connectivity index (χ1) is 10.1. The first-order valence-corrected chi connectivity index (χ1v) is 7.15. The highest BCUT2D eigenvalue weighted by molar-refractivity contribution is 5.74. The molecule has 0 aliphatic heterocycles. The van der Waals surface area contributed by atoms with Crippen LogP contribution < -0.4 is 4.74 Å². The van der Waals surface area contributed by atoms with Crippen molar-refractivity contribution in [2.24, 2.45) is 0 Å². The van der Waals surface area contributed by atoms with Crippen molar-refractivity contribution in [2.45, 2.75) is 33.1 Å². The average Bonchev–Trinajstić information content (AvgIpc) is 2.47. The molecule has 2 rings (SSSR count). The van der Waals surface area contributed by atoms with E-state index in [2.05, 4.69) is 37.9 Å². The molecule has 0 saturated carbocycles. The number of ether oxygens (including phenoxy) is 1. The minimum absolute atomic E-state index is 0.378. The number of methoxy groups -OCH3 is 1. The summed E-state index contributed by atoms with van der Waals surface area (Å²) < 4.78 is 5.20. The minimum atomic E-state index is 0.378. The summed E-state index contributed by atoms with van der Waals surface area (Å²) in [5, 5.41) is 0. The smallest absolute Gasteiger partial charge is 0.213 e. The molecule has 21 heavy (non-hydrogen) atoms. The highest BCUT2D eigenvalue weighted by Gasteiger charge is 2.15. The molecule has 1 aromatic carbocycles. The number of pyridine rings is 1. The van der Waals surface area contributed by atoms with Gasteiger partial charge >= 0.3 is 0 Å². The standard InChI is InChI=1S/C18H21NO2/c1-12(2)18-13(3)5-6-15(16(18)8-10-20)14-7-9-19-17(11-14)21-4/h5-7,9-12H,8H2,1-4H3. The van der Waals surface area contributed by atoms with E-state index in [4.69, 9.17) is 4.74 Å². The van der Waals surface area contributed by atoms with E-state index in [1.807, 2.05) is 12.1 Å². The largest absolute Gasteiger partial charge is 0.481 e. The van der Waals surface area contributed by atoms with Crippen molar-refractivity contribution in [3.63, 3.8) is 0 Å². The maximum atomic E-state index is 11.1. The van der Waals surface area contributed by atoms with Crippen LogP contribution in [0.5, 0.6) is 5.88 Å². The monoisotopic (exact) mass is 283 g/mol. The molecule has 0 N–H and O–H groups in total. The Kier molecular flexibility index (Phi) is 4.73. The molecular weight excluding hydrogens is 262 g/mol. The second-order valence-electron chi connectivity index (χ2n) is 5.43. The predicted molar refractivity (Wildman–Crippen MR) is 84.8 cm³/mol. The van der Waals surface area contributed by atoms with Gasteiger partial charge in [-0.2, -0.15) is 0 Å². The molecule has 1 heterocycles. The molecule has 1 aromatic heterocycles. The molecule has 0 spiro atoms. The molecule has 0 saturated heterocycles. The molecule has 0 aliphatic carbocycles. The molecule has 2 aromatic rings. The summed E-state index contributed by atoms with van der Waals surface area (Å²) in [6.45, 7) is 6.42. The lowest BCUT2D eigenvalue weighted by Gasteiger charge is -2.19. The molecule has 0 aliphatic rings. The van der Waals surface area contributed by atoms with Crippen LogP contribution in [-0.2, 0) is 11.2 Å². The summed E-state index contributed by atoms with van der Waals surface area (Å²) in [5.74, 6) is 0.958. The van der Waals surface area contributed by atoms with Crippen LogP contribution in [0.3, 0.4) is 0 Å². The average molecular weight is 283 g/mol. The van der Waals surface area contributed by atoms with Crippen molar-refractivity contribution >= 4 is 6.29 Å². The van der Waals surface area contributed by atoms with Gasteiger partial charge in [-0.3, -0.25) is 0 Å². The summed E-state index contributed by atoms with van der Waals surface area (Å²) in [7, 11) is 1.60. The van der Waals surface area contributed by atoms with Crippen molar-refractivity contribution in [1.82, 2.24) is 4.98 Å². The third-order valence-corrected chi connectivity index (χ3v) is 3.69. The lowest BCUT2D eigenvalue weighted by molar-refractivity contribution is -0.107. The highest BCUT2D eigenvalue weighted by Crippen LogP contribution is 2.33. The van der Waals surface area contributed by atoms with Gasteiger partial charge in [-0.15, -0.1) is 0 Å². The van der Waals surface area contributed by atoms with Crippen LogP contribution in [0.15, 0.2) is 30.5 Å². The van der Waals surface area contributed by atoms with Gasteiger partial charge in [-0.05, 0) is 46.7 Å². The quantitative estimate of drug-likeness (QED) is 0.780. The Morgan fingerprint density at radius 2 is 2.05 bits per heavy atom. The number of aldehydes is 1. The first kappa shape index (κ1) is 15.2. The van der Waals surface area contributed by atoms with E-state index in [1.54, 1.807) is 13.3 Å². The third-order valence-electron chi connectivity index (χ3n) is 3.69. The van der Waals surface area contributed by atoms with E-state index in [-0.39, 0.29) is 0 Å². The fraction of sp³-hybridized carbons (Fsp3) is 0.333. The number of nitrogens with zero attached hydrogens (tertiary/aromatic N) is 1. The number of hydrogen-bond acceptors (Lipinski definition) is 3. The van der Waals surface area contributed by atoms with Crippen LogP contribution in [0.2, 0.25) is 0 Å². The summed E-state index contributed by atoms with van der Waals surface area (Å²) in [6.07, 6.45) is 3.13. The van der Waals surface area contributed by atoms with Crippen molar-refractivity contribution in [3.05, 3.63) is 47.2 Å². The number of rotatable bonds is 5. The number of benzene rings is 1. The molecule has 3 heteroatoms. The Hall–Kier alpha value is -2.16. The number of aryl methyl sites for hydroxylation is 1. The van der Waals surface area contributed by atoms with E-state index in [0.29, 0.717) is 18.2 Å². The van der Waals surface area contributed by atoms with E-state index in [1.165, 1.54) is 11.1 Å². The van der Waals surface area contributed by atoms with Gasteiger partial charge in [0.2, 0.25) is 5.88 Å². The Morgan fingerprint density at radius 3 is 2.67 bits per heavy atom. The summed E-state index contributed by atoms with van der Waals surface area (Å²) in [4.78, 5) is 15.3. The first-order valence-electron chi connectivity index (χ1n) is 7.15. The maximum Gasteiger partial charge on any atom is 0.213 e. The van der Waals surface area contributed by atoms with Crippen LogP contribution in [0.1, 0.15) is 36.5 Å². The SMILES string of the molecule is COc1cc(-c2ccc(C)c(C(C)C)c2CC=O)ccn1. The zero-order valence-electron chi connectivity index (χ0n) is 13.0. The second-order valence-corrected chi connectivity index (χ2v) is 5.43. The fourth-order valence-corrected chi connectivity index (χ4v) is 2.85. The topological polar surface area (TPSA) is 39.2 Å². The maximum absolute atomic E-state index is 11.1. The third kappa shape index (κ3) is 3.13. The van der Waals surface area contributed by atoms with E-state index in [0.717, 1.165) is 23.0 Å². The molecule has 110 valence electrons. The van der Waals surface area contributed by atoms with Gasteiger partial charge in [-0.1, -0.05) is 26.0 Å². The van der Waals surface area contributed by atoms with Gasteiger partial charge in [-0.25, -0.2) is 4.98 Å². The zero-order valence-corrected chi connectivity index (χ0v) is 13.0. The number of carbonyl (C=O) groups excluding carboxylic acids is 1. The molecule has 0 bridgehead atoms. The van der Waals surface area contributed by atoms with E-state index < -0.39 is 0 Å². The van der Waals surface area contributed by atoms with Gasteiger partial charge in [0.05, 0.1) is 7.11 Å². The van der Waals surface area contributed by atoms with Crippen LogP contribution >= 0.6 is 0 Å². The summed E-state index contributed by atoms with van der Waals surface area (Å²) in [5.41, 5.74) is 5.70.